The highest BCUT2D eigenvalue weighted by Gasteiger charge is 2.30. The van der Waals surface area contributed by atoms with Crippen LogP contribution in [0.2, 0.25) is 0 Å². The predicted molar refractivity (Wildman–Crippen MR) is 82.0 cm³/mol. The third-order valence-electron chi connectivity index (χ3n) is 3.11. The Kier molecular flexibility index (Phi) is 3.14. The van der Waals surface area contributed by atoms with Crippen molar-refractivity contribution in [2.75, 3.05) is 0 Å². The topological polar surface area (TPSA) is 50.1 Å². The number of thiophene rings is 1. The van der Waals surface area contributed by atoms with Crippen molar-refractivity contribution in [3.8, 4) is 0 Å². The Morgan fingerprint density at radius 3 is 2.89 bits per heavy atom. The van der Waals surface area contributed by atoms with E-state index in [0.717, 1.165) is 16.4 Å². The van der Waals surface area contributed by atoms with Crippen molar-refractivity contribution >= 4 is 34.0 Å². The first-order chi connectivity index (χ1) is 9.08. The molecule has 2 aromatic heterocycles. The van der Waals surface area contributed by atoms with Gasteiger partial charge in [0.2, 0.25) is 0 Å². The SMILES string of the molecule is CC1=Nc2c(c(=O)[nH]n2C(C)C)[C@@H](c2ccsc2)S1. The summed E-state index contributed by atoms with van der Waals surface area (Å²) in [5, 5.41) is 8.12. The molecule has 6 heteroatoms. The van der Waals surface area contributed by atoms with Crippen LogP contribution >= 0.6 is 23.1 Å². The fourth-order valence-corrected chi connectivity index (χ4v) is 4.11. The highest BCUT2D eigenvalue weighted by molar-refractivity contribution is 8.14. The number of rotatable bonds is 2. The minimum Gasteiger partial charge on any atom is -0.268 e. The van der Waals surface area contributed by atoms with Gasteiger partial charge >= 0.3 is 0 Å². The first-order valence-electron chi connectivity index (χ1n) is 6.16. The third kappa shape index (κ3) is 2.08. The van der Waals surface area contributed by atoms with Gasteiger partial charge < -0.3 is 0 Å². The van der Waals surface area contributed by atoms with Crippen LogP contribution in [0.5, 0.6) is 0 Å². The van der Waals surface area contributed by atoms with Gasteiger partial charge in [-0.25, -0.2) is 4.99 Å². The van der Waals surface area contributed by atoms with E-state index in [1.807, 2.05) is 30.8 Å². The van der Waals surface area contributed by atoms with Gasteiger partial charge in [0.1, 0.15) is 0 Å². The van der Waals surface area contributed by atoms with Crippen molar-refractivity contribution in [3.63, 3.8) is 0 Å². The zero-order valence-electron chi connectivity index (χ0n) is 11.0. The van der Waals surface area contributed by atoms with Crippen LogP contribution in [0, 0.1) is 0 Å². The Hall–Kier alpha value is -1.27. The molecule has 0 aromatic carbocycles. The molecule has 19 heavy (non-hydrogen) atoms. The van der Waals surface area contributed by atoms with Gasteiger partial charge in [0.05, 0.1) is 15.9 Å². The van der Waals surface area contributed by atoms with Crippen LogP contribution in [0.1, 0.15) is 43.2 Å². The first-order valence-corrected chi connectivity index (χ1v) is 7.98. The van der Waals surface area contributed by atoms with Crippen molar-refractivity contribution in [2.45, 2.75) is 32.1 Å². The van der Waals surface area contributed by atoms with Gasteiger partial charge in [-0.15, -0.1) is 0 Å². The highest BCUT2D eigenvalue weighted by atomic mass is 32.2. The molecule has 0 fully saturated rings. The van der Waals surface area contributed by atoms with Crippen LogP contribution in [0.3, 0.4) is 0 Å². The summed E-state index contributed by atoms with van der Waals surface area (Å²) in [6, 6.07) is 2.27. The fraction of sp³-hybridized carbons (Fsp3) is 0.385. The molecule has 2 aromatic rings. The van der Waals surface area contributed by atoms with Crippen LogP contribution in [0.4, 0.5) is 5.82 Å². The molecule has 1 aliphatic heterocycles. The van der Waals surface area contributed by atoms with E-state index in [-0.39, 0.29) is 16.9 Å². The summed E-state index contributed by atoms with van der Waals surface area (Å²) < 4.78 is 1.86. The van der Waals surface area contributed by atoms with Crippen LogP contribution < -0.4 is 5.56 Å². The molecule has 0 radical (unpaired) electrons. The van der Waals surface area contributed by atoms with E-state index in [2.05, 4.69) is 21.5 Å². The maximum atomic E-state index is 12.2. The van der Waals surface area contributed by atoms with E-state index in [1.54, 1.807) is 23.1 Å². The summed E-state index contributed by atoms with van der Waals surface area (Å²) >= 11 is 3.31. The summed E-state index contributed by atoms with van der Waals surface area (Å²) in [5.74, 6) is 0.785. The van der Waals surface area contributed by atoms with Crippen LogP contribution in [0.15, 0.2) is 26.6 Å². The van der Waals surface area contributed by atoms with Crippen LogP contribution in [-0.2, 0) is 0 Å². The minimum atomic E-state index is -0.0244. The molecule has 100 valence electrons. The second kappa shape index (κ2) is 4.68. The Morgan fingerprint density at radius 2 is 2.26 bits per heavy atom. The van der Waals surface area contributed by atoms with Crippen molar-refractivity contribution < 1.29 is 0 Å². The van der Waals surface area contributed by atoms with E-state index in [9.17, 15) is 4.79 Å². The lowest BCUT2D eigenvalue weighted by molar-refractivity contribution is 0.533. The average Bonchev–Trinajstić information content (AvgIpc) is 2.96. The van der Waals surface area contributed by atoms with Gasteiger partial charge in [0.25, 0.3) is 5.56 Å². The fourth-order valence-electron chi connectivity index (χ4n) is 2.24. The molecule has 1 aliphatic rings. The number of hydrogen-bond donors (Lipinski definition) is 1. The second-order valence-corrected chi connectivity index (χ2v) is 6.91. The van der Waals surface area contributed by atoms with Crippen molar-refractivity contribution in [2.24, 2.45) is 4.99 Å². The quantitative estimate of drug-likeness (QED) is 0.917. The molecule has 0 aliphatic carbocycles. The van der Waals surface area contributed by atoms with Gasteiger partial charge in [0.15, 0.2) is 5.82 Å². The maximum Gasteiger partial charge on any atom is 0.271 e. The smallest absolute Gasteiger partial charge is 0.268 e. The molecule has 0 saturated carbocycles. The Bertz CT molecular complexity index is 679. The number of aromatic nitrogens is 2. The summed E-state index contributed by atoms with van der Waals surface area (Å²) in [4.78, 5) is 16.8. The molecule has 1 N–H and O–H groups in total. The second-order valence-electron chi connectivity index (χ2n) is 4.83. The molecule has 0 bridgehead atoms. The molecule has 0 amide bonds. The number of fused-ring (bicyclic) bond motifs is 1. The molecule has 1 atom stereocenters. The third-order valence-corrected chi connectivity index (χ3v) is 4.99. The van der Waals surface area contributed by atoms with E-state index in [1.165, 1.54) is 5.56 Å². The van der Waals surface area contributed by atoms with Gasteiger partial charge in [-0.1, -0.05) is 11.8 Å². The molecule has 3 rings (SSSR count). The van der Waals surface area contributed by atoms with Gasteiger partial charge in [-0.3, -0.25) is 14.6 Å². The van der Waals surface area contributed by atoms with E-state index in [4.69, 9.17) is 0 Å². The highest BCUT2D eigenvalue weighted by Crippen LogP contribution is 2.44. The van der Waals surface area contributed by atoms with Crippen LogP contribution in [-0.4, -0.2) is 14.8 Å². The van der Waals surface area contributed by atoms with E-state index < -0.39 is 0 Å². The number of nitrogens with one attached hydrogen (secondary N) is 1. The van der Waals surface area contributed by atoms with Crippen molar-refractivity contribution in [3.05, 3.63) is 38.3 Å². The molecule has 0 spiro atoms. The Balaban J connectivity index is 2.22. The lowest BCUT2D eigenvalue weighted by Crippen LogP contribution is -2.13. The number of H-pyrrole nitrogens is 1. The largest absolute Gasteiger partial charge is 0.271 e. The molecule has 0 saturated heterocycles. The minimum absolute atomic E-state index is 0.0244. The summed E-state index contributed by atoms with van der Waals surface area (Å²) in [6.07, 6.45) is 0. The number of nitrogens with zero attached hydrogens (tertiary/aromatic N) is 2. The number of aromatic amines is 1. The zero-order chi connectivity index (χ0) is 13.6. The Labute approximate surface area is 119 Å². The predicted octanol–water partition coefficient (Wildman–Crippen LogP) is 3.70. The summed E-state index contributed by atoms with van der Waals surface area (Å²) in [6.45, 7) is 6.08. The zero-order valence-corrected chi connectivity index (χ0v) is 12.6. The van der Waals surface area contributed by atoms with Gasteiger partial charge in [-0.2, -0.15) is 11.3 Å². The molecule has 0 unspecified atom stereocenters. The van der Waals surface area contributed by atoms with Crippen molar-refractivity contribution in [1.82, 2.24) is 9.78 Å². The average molecular weight is 293 g/mol. The van der Waals surface area contributed by atoms with Crippen molar-refractivity contribution in [1.29, 1.82) is 0 Å². The van der Waals surface area contributed by atoms with Gasteiger partial charge in [0, 0.05) is 6.04 Å². The van der Waals surface area contributed by atoms with Gasteiger partial charge in [-0.05, 0) is 43.2 Å². The molecular formula is C13H15N3OS2. The first kappa shape index (κ1) is 12.7. The number of aliphatic imine (C=N–C) groups is 1. The Morgan fingerprint density at radius 1 is 1.47 bits per heavy atom. The molecule has 4 nitrogen and oxygen atoms in total. The molecular weight excluding hydrogens is 278 g/mol. The van der Waals surface area contributed by atoms with E-state index >= 15 is 0 Å². The normalized spacial score (nSPS) is 18.5. The lowest BCUT2D eigenvalue weighted by Gasteiger charge is -2.20. The standard InChI is InChI=1S/C13H15N3OS2/c1-7(2)16-12-10(13(17)15-16)11(19-8(3)14-12)9-4-5-18-6-9/h4-7,11H,1-3H3,(H,15,17)/t11-/m1/s1. The monoisotopic (exact) mass is 293 g/mol. The maximum absolute atomic E-state index is 12.2. The summed E-state index contributed by atoms with van der Waals surface area (Å²) in [7, 11) is 0. The summed E-state index contributed by atoms with van der Waals surface area (Å²) in [5.41, 5.74) is 1.93. The lowest BCUT2D eigenvalue weighted by atomic mass is 10.1. The van der Waals surface area contributed by atoms with Crippen LogP contribution in [0.25, 0.3) is 0 Å². The molecule has 3 heterocycles. The number of thioether (sulfide) groups is 1. The van der Waals surface area contributed by atoms with E-state index in [0.29, 0.717) is 0 Å². The number of hydrogen-bond acceptors (Lipinski definition) is 4.